The van der Waals surface area contributed by atoms with Gasteiger partial charge in [-0.15, -0.1) is 0 Å². The number of oxime groups is 1. The maximum Gasteiger partial charge on any atom is 0.161 e. The van der Waals surface area contributed by atoms with E-state index in [0.29, 0.717) is 19.1 Å². The van der Waals surface area contributed by atoms with Crippen molar-refractivity contribution >= 4 is 5.71 Å². The third-order valence-corrected chi connectivity index (χ3v) is 5.47. The number of likely N-dealkylation sites (tertiary alicyclic amines) is 1. The lowest BCUT2D eigenvalue weighted by Crippen LogP contribution is -2.23. The molecule has 0 amide bonds. The predicted octanol–water partition coefficient (Wildman–Crippen LogP) is 3.26. The molecule has 0 aromatic heterocycles. The first-order chi connectivity index (χ1) is 14.2. The molecule has 0 N–H and O–H groups in total. The predicted molar refractivity (Wildman–Crippen MR) is 112 cm³/mol. The summed E-state index contributed by atoms with van der Waals surface area (Å²) in [5.41, 5.74) is 4.66. The summed E-state index contributed by atoms with van der Waals surface area (Å²) in [6.45, 7) is 5.80. The average molecular weight is 396 g/mol. The Morgan fingerprint density at radius 1 is 1.07 bits per heavy atom. The van der Waals surface area contributed by atoms with Crippen molar-refractivity contribution in [2.45, 2.75) is 19.6 Å². The van der Waals surface area contributed by atoms with Crippen LogP contribution >= 0.6 is 0 Å². The van der Waals surface area contributed by atoms with Gasteiger partial charge in [0.25, 0.3) is 0 Å². The number of benzene rings is 2. The molecule has 0 aliphatic carbocycles. The summed E-state index contributed by atoms with van der Waals surface area (Å²) < 4.78 is 16.3. The van der Waals surface area contributed by atoms with Crippen LogP contribution in [0.5, 0.6) is 11.5 Å². The van der Waals surface area contributed by atoms with Crippen molar-refractivity contribution in [2.24, 2.45) is 11.1 Å². The third-order valence-electron chi connectivity index (χ3n) is 5.47. The van der Waals surface area contributed by atoms with E-state index in [4.69, 9.17) is 19.0 Å². The highest BCUT2D eigenvalue weighted by Gasteiger charge is 2.42. The quantitative estimate of drug-likeness (QED) is 0.641. The topological polar surface area (TPSA) is 52.5 Å². The first-order valence-electron chi connectivity index (χ1n) is 9.99. The van der Waals surface area contributed by atoms with Crippen LogP contribution in [0.4, 0.5) is 0 Å². The smallest absolute Gasteiger partial charge is 0.161 e. The van der Waals surface area contributed by atoms with Crippen LogP contribution in [0.15, 0.2) is 47.6 Å². The number of aryl methyl sites for hydroxylation is 1. The Hall–Kier alpha value is -2.57. The van der Waals surface area contributed by atoms with E-state index in [-0.39, 0.29) is 6.10 Å². The fourth-order valence-electron chi connectivity index (χ4n) is 4.04. The molecule has 1 saturated heterocycles. The van der Waals surface area contributed by atoms with E-state index in [9.17, 15) is 0 Å². The monoisotopic (exact) mass is 396 g/mol. The lowest BCUT2D eigenvalue weighted by Gasteiger charge is -2.18. The molecule has 6 nitrogen and oxygen atoms in total. The van der Waals surface area contributed by atoms with Gasteiger partial charge in [0.2, 0.25) is 0 Å². The molecule has 0 bridgehead atoms. The molecule has 0 unspecified atom stereocenters. The Bertz CT molecular complexity index is 883. The van der Waals surface area contributed by atoms with Gasteiger partial charge in [0, 0.05) is 32.3 Å². The number of rotatable bonds is 8. The zero-order valence-corrected chi connectivity index (χ0v) is 17.3. The van der Waals surface area contributed by atoms with Crippen molar-refractivity contribution in [2.75, 3.05) is 40.5 Å². The number of methoxy groups -OCH3 is 2. The Morgan fingerprint density at radius 2 is 1.97 bits per heavy atom. The number of nitrogens with zero attached hydrogens (tertiary/aromatic N) is 2. The minimum Gasteiger partial charge on any atom is -0.493 e. The first-order valence-corrected chi connectivity index (χ1v) is 9.99. The number of hydrogen-bond acceptors (Lipinski definition) is 6. The minimum absolute atomic E-state index is 0.129. The van der Waals surface area contributed by atoms with E-state index >= 15 is 0 Å². The summed E-state index contributed by atoms with van der Waals surface area (Å²) >= 11 is 0. The normalized spacial score (nSPS) is 20.9. The van der Waals surface area contributed by atoms with Gasteiger partial charge in [-0.25, -0.2) is 0 Å². The summed E-state index contributed by atoms with van der Waals surface area (Å²) in [4.78, 5) is 8.18. The SMILES string of the molecule is COCCOc1ccc(CN2C[C@@H]3C(c4cccc(C)c4)=NO[C@@H]3C2)cc1OC. The van der Waals surface area contributed by atoms with Crippen molar-refractivity contribution in [3.8, 4) is 11.5 Å². The van der Waals surface area contributed by atoms with Crippen LogP contribution in [-0.4, -0.2) is 57.2 Å². The Morgan fingerprint density at radius 3 is 2.76 bits per heavy atom. The molecule has 2 atom stereocenters. The van der Waals surface area contributed by atoms with Gasteiger partial charge in [-0.2, -0.15) is 0 Å². The molecule has 2 heterocycles. The van der Waals surface area contributed by atoms with E-state index in [1.54, 1.807) is 14.2 Å². The molecule has 2 aliphatic rings. The van der Waals surface area contributed by atoms with Crippen molar-refractivity contribution in [1.29, 1.82) is 0 Å². The van der Waals surface area contributed by atoms with Crippen LogP contribution in [0.25, 0.3) is 0 Å². The molecule has 0 spiro atoms. The van der Waals surface area contributed by atoms with Gasteiger partial charge in [-0.3, -0.25) is 4.90 Å². The highest BCUT2D eigenvalue weighted by atomic mass is 16.6. The highest BCUT2D eigenvalue weighted by molar-refractivity contribution is 6.03. The van der Waals surface area contributed by atoms with Crippen LogP contribution in [0.1, 0.15) is 16.7 Å². The van der Waals surface area contributed by atoms with E-state index in [2.05, 4.69) is 47.3 Å². The molecule has 4 rings (SSSR count). The van der Waals surface area contributed by atoms with Gasteiger partial charge in [-0.05, 0) is 24.6 Å². The van der Waals surface area contributed by atoms with Gasteiger partial charge >= 0.3 is 0 Å². The van der Waals surface area contributed by atoms with Gasteiger partial charge in [-0.1, -0.05) is 41.1 Å². The molecule has 0 radical (unpaired) electrons. The zero-order valence-electron chi connectivity index (χ0n) is 17.3. The van der Waals surface area contributed by atoms with Gasteiger partial charge in [0.05, 0.1) is 25.3 Å². The molecular formula is C23H28N2O4. The summed E-state index contributed by atoms with van der Waals surface area (Å²) in [5.74, 6) is 1.80. The Labute approximate surface area is 172 Å². The fraction of sp³-hybridized carbons (Fsp3) is 0.435. The third kappa shape index (κ3) is 4.38. The molecule has 6 heteroatoms. The standard InChI is InChI=1S/C23H28N2O4/c1-16-5-4-6-18(11-16)23-19-14-25(15-22(19)29-24-23)13-17-7-8-20(21(12-17)27-3)28-10-9-26-2/h4-8,11-12,19,22H,9-10,13-15H2,1-3H3/t19-,22+/m0/s1. The fourth-order valence-corrected chi connectivity index (χ4v) is 4.04. The Balaban J connectivity index is 1.41. The van der Waals surface area contributed by atoms with Gasteiger partial charge in [0.1, 0.15) is 12.7 Å². The van der Waals surface area contributed by atoms with Crippen LogP contribution in [-0.2, 0) is 16.1 Å². The number of ether oxygens (including phenoxy) is 3. The lowest BCUT2D eigenvalue weighted by molar-refractivity contribution is 0.0745. The van der Waals surface area contributed by atoms with Crippen molar-refractivity contribution in [1.82, 2.24) is 4.90 Å². The molecular weight excluding hydrogens is 368 g/mol. The Kier molecular flexibility index (Phi) is 6.02. The van der Waals surface area contributed by atoms with Gasteiger partial charge < -0.3 is 19.0 Å². The number of hydrogen-bond donors (Lipinski definition) is 0. The maximum atomic E-state index is 5.76. The molecule has 2 aromatic carbocycles. The highest BCUT2D eigenvalue weighted by Crippen LogP contribution is 2.33. The largest absolute Gasteiger partial charge is 0.493 e. The minimum atomic E-state index is 0.129. The van der Waals surface area contributed by atoms with E-state index in [1.165, 1.54) is 16.7 Å². The molecule has 154 valence electrons. The van der Waals surface area contributed by atoms with Crippen molar-refractivity contribution in [3.63, 3.8) is 0 Å². The molecule has 1 fully saturated rings. The second-order valence-electron chi connectivity index (χ2n) is 7.62. The van der Waals surface area contributed by atoms with Crippen molar-refractivity contribution in [3.05, 3.63) is 59.2 Å². The van der Waals surface area contributed by atoms with E-state index in [0.717, 1.165) is 36.8 Å². The summed E-state index contributed by atoms with van der Waals surface area (Å²) in [5, 5.41) is 4.39. The van der Waals surface area contributed by atoms with Crippen LogP contribution < -0.4 is 9.47 Å². The van der Waals surface area contributed by atoms with Crippen LogP contribution in [0.2, 0.25) is 0 Å². The van der Waals surface area contributed by atoms with Gasteiger partial charge in [0.15, 0.2) is 11.5 Å². The number of fused-ring (bicyclic) bond motifs is 1. The summed E-state index contributed by atoms with van der Waals surface area (Å²) in [6.07, 6.45) is 0.129. The maximum absolute atomic E-state index is 5.76. The molecule has 29 heavy (non-hydrogen) atoms. The first kappa shape index (κ1) is 19.7. The molecule has 0 saturated carbocycles. The molecule has 2 aliphatic heterocycles. The average Bonchev–Trinajstić information content (AvgIpc) is 3.29. The second kappa shape index (κ2) is 8.84. The second-order valence-corrected chi connectivity index (χ2v) is 7.62. The van der Waals surface area contributed by atoms with E-state index in [1.807, 2.05) is 12.1 Å². The lowest BCUT2D eigenvalue weighted by atomic mass is 9.94. The zero-order chi connectivity index (χ0) is 20.2. The summed E-state index contributed by atoms with van der Waals surface area (Å²) in [7, 11) is 3.33. The van der Waals surface area contributed by atoms with Crippen molar-refractivity contribution < 1.29 is 19.0 Å². The summed E-state index contributed by atoms with van der Waals surface area (Å²) in [6, 6.07) is 14.6. The molecule has 2 aromatic rings. The van der Waals surface area contributed by atoms with Crippen LogP contribution in [0, 0.1) is 12.8 Å². The van der Waals surface area contributed by atoms with E-state index < -0.39 is 0 Å². The van der Waals surface area contributed by atoms with Crippen LogP contribution in [0.3, 0.4) is 0 Å².